The standard InChI is InChI=1S/C20H25F3N6O2/c1-13-11-24-19(25-12-13)29-8-6-28(7-9-29)17(30)5-3-4-14(2)16-10-15(20(21,22)23)18(31)27-26-16/h10-12,14H,3-9H2,1-2H3,(H,27,31). The van der Waals surface area contributed by atoms with Crippen LogP contribution in [0.15, 0.2) is 23.3 Å². The van der Waals surface area contributed by atoms with Crippen LogP contribution in [0.4, 0.5) is 19.1 Å². The number of anilines is 1. The third kappa shape index (κ3) is 5.80. The van der Waals surface area contributed by atoms with E-state index in [2.05, 4.69) is 15.1 Å². The number of hydrogen-bond donors (Lipinski definition) is 1. The Kier molecular flexibility index (Phi) is 6.91. The van der Waals surface area contributed by atoms with Crippen LogP contribution in [0.1, 0.15) is 48.9 Å². The smallest absolute Gasteiger partial charge is 0.339 e. The lowest BCUT2D eigenvalue weighted by Crippen LogP contribution is -2.49. The van der Waals surface area contributed by atoms with Gasteiger partial charge in [-0.25, -0.2) is 15.1 Å². The summed E-state index contributed by atoms with van der Waals surface area (Å²) in [5.41, 5.74) is -1.37. The highest BCUT2D eigenvalue weighted by Crippen LogP contribution is 2.28. The molecule has 8 nitrogen and oxygen atoms in total. The average molecular weight is 438 g/mol. The third-order valence-electron chi connectivity index (χ3n) is 5.34. The molecule has 2 aromatic rings. The van der Waals surface area contributed by atoms with Crippen molar-refractivity contribution in [2.45, 2.75) is 45.2 Å². The number of nitrogens with zero attached hydrogens (tertiary/aromatic N) is 5. The lowest BCUT2D eigenvalue weighted by atomic mass is 9.99. The fourth-order valence-corrected chi connectivity index (χ4v) is 3.45. The Morgan fingerprint density at radius 2 is 1.84 bits per heavy atom. The van der Waals surface area contributed by atoms with Crippen molar-refractivity contribution in [2.75, 3.05) is 31.1 Å². The molecule has 11 heteroatoms. The molecule has 31 heavy (non-hydrogen) atoms. The van der Waals surface area contributed by atoms with E-state index in [4.69, 9.17) is 0 Å². The molecule has 0 radical (unpaired) electrons. The Balaban J connectivity index is 1.46. The SMILES string of the molecule is Cc1cnc(N2CCN(C(=O)CCCC(C)c3cc(C(F)(F)F)c(=O)[nH]n3)CC2)nc1. The van der Waals surface area contributed by atoms with Gasteiger partial charge in [0.05, 0.1) is 5.69 Å². The molecule has 1 fully saturated rings. The van der Waals surface area contributed by atoms with Crippen LogP contribution in [-0.4, -0.2) is 57.2 Å². The topological polar surface area (TPSA) is 95.1 Å². The van der Waals surface area contributed by atoms with Gasteiger partial charge in [0.2, 0.25) is 11.9 Å². The minimum absolute atomic E-state index is 0.0158. The number of halogens is 3. The first kappa shape index (κ1) is 22.7. The fourth-order valence-electron chi connectivity index (χ4n) is 3.45. The molecule has 1 amide bonds. The van der Waals surface area contributed by atoms with Crippen molar-refractivity contribution < 1.29 is 18.0 Å². The number of amides is 1. The molecule has 1 saturated heterocycles. The van der Waals surface area contributed by atoms with E-state index >= 15 is 0 Å². The zero-order valence-electron chi connectivity index (χ0n) is 17.4. The molecule has 0 aliphatic carbocycles. The number of aromatic nitrogens is 4. The van der Waals surface area contributed by atoms with Gasteiger partial charge in [0, 0.05) is 50.9 Å². The molecule has 3 rings (SSSR count). The summed E-state index contributed by atoms with van der Waals surface area (Å²) in [7, 11) is 0. The number of hydrogen-bond acceptors (Lipinski definition) is 6. The van der Waals surface area contributed by atoms with Crippen molar-refractivity contribution in [3.8, 4) is 0 Å². The van der Waals surface area contributed by atoms with Crippen LogP contribution in [0.3, 0.4) is 0 Å². The largest absolute Gasteiger partial charge is 0.421 e. The van der Waals surface area contributed by atoms with Crippen LogP contribution in [0.25, 0.3) is 0 Å². The first-order valence-electron chi connectivity index (χ1n) is 10.1. The number of alkyl halides is 3. The van der Waals surface area contributed by atoms with Crippen molar-refractivity contribution in [3.63, 3.8) is 0 Å². The van der Waals surface area contributed by atoms with Crippen molar-refractivity contribution in [3.05, 3.63) is 45.6 Å². The number of rotatable bonds is 6. The van der Waals surface area contributed by atoms with Gasteiger partial charge in [-0.3, -0.25) is 9.59 Å². The fraction of sp³-hybridized carbons (Fsp3) is 0.550. The molecule has 0 aromatic carbocycles. The maximum absolute atomic E-state index is 12.9. The molecular weight excluding hydrogens is 413 g/mol. The maximum atomic E-state index is 12.9. The molecule has 1 unspecified atom stereocenters. The van der Waals surface area contributed by atoms with Crippen molar-refractivity contribution in [2.24, 2.45) is 0 Å². The molecule has 0 spiro atoms. The first-order chi connectivity index (χ1) is 14.6. The zero-order chi connectivity index (χ0) is 22.6. The van der Waals surface area contributed by atoms with Crippen molar-refractivity contribution >= 4 is 11.9 Å². The van der Waals surface area contributed by atoms with Gasteiger partial charge in [0.1, 0.15) is 5.56 Å². The quantitative estimate of drug-likeness (QED) is 0.745. The normalized spacial score (nSPS) is 15.8. The van der Waals surface area contributed by atoms with Crippen LogP contribution in [0, 0.1) is 6.92 Å². The number of H-pyrrole nitrogens is 1. The Labute approximate surface area is 177 Å². The highest BCUT2D eigenvalue weighted by Gasteiger charge is 2.34. The number of aromatic amines is 1. The minimum atomic E-state index is -4.73. The molecule has 0 bridgehead atoms. The summed E-state index contributed by atoms with van der Waals surface area (Å²) in [6.07, 6.45) is 0.0993. The molecule has 3 heterocycles. The number of piperazine rings is 1. The van der Waals surface area contributed by atoms with Gasteiger partial charge in [-0.15, -0.1) is 0 Å². The Morgan fingerprint density at radius 1 is 1.19 bits per heavy atom. The highest BCUT2D eigenvalue weighted by atomic mass is 19.4. The van der Waals surface area contributed by atoms with Crippen molar-refractivity contribution in [1.29, 1.82) is 0 Å². The summed E-state index contributed by atoms with van der Waals surface area (Å²) < 4.78 is 38.7. The Hall–Kier alpha value is -2.98. The second-order valence-electron chi connectivity index (χ2n) is 7.75. The Morgan fingerprint density at radius 3 is 2.45 bits per heavy atom. The van der Waals surface area contributed by atoms with Crippen LogP contribution in [-0.2, 0) is 11.0 Å². The van der Waals surface area contributed by atoms with E-state index in [0.717, 1.165) is 11.6 Å². The third-order valence-corrected chi connectivity index (χ3v) is 5.34. The van der Waals surface area contributed by atoms with Crippen LogP contribution >= 0.6 is 0 Å². The van der Waals surface area contributed by atoms with Gasteiger partial charge < -0.3 is 9.80 Å². The van der Waals surface area contributed by atoms with Crippen LogP contribution in [0.2, 0.25) is 0 Å². The molecule has 2 aromatic heterocycles. The second kappa shape index (κ2) is 9.44. The van der Waals surface area contributed by atoms with Gasteiger partial charge >= 0.3 is 6.18 Å². The monoisotopic (exact) mass is 438 g/mol. The first-order valence-corrected chi connectivity index (χ1v) is 10.1. The zero-order valence-corrected chi connectivity index (χ0v) is 17.4. The maximum Gasteiger partial charge on any atom is 0.421 e. The second-order valence-corrected chi connectivity index (χ2v) is 7.75. The molecule has 1 atom stereocenters. The molecule has 0 saturated carbocycles. The molecule has 168 valence electrons. The van der Waals surface area contributed by atoms with E-state index in [-0.39, 0.29) is 17.5 Å². The molecule has 1 N–H and O–H groups in total. The average Bonchev–Trinajstić information content (AvgIpc) is 2.73. The van der Waals surface area contributed by atoms with Crippen LogP contribution < -0.4 is 10.5 Å². The van der Waals surface area contributed by atoms with Gasteiger partial charge in [-0.05, 0) is 31.4 Å². The minimum Gasteiger partial charge on any atom is -0.339 e. The number of carbonyl (C=O) groups excluding carboxylic acids is 1. The summed E-state index contributed by atoms with van der Waals surface area (Å²) in [5.74, 6) is 0.349. The predicted octanol–water partition coefficient (Wildman–Crippen LogP) is 2.51. The van der Waals surface area contributed by atoms with E-state index in [9.17, 15) is 22.8 Å². The highest BCUT2D eigenvalue weighted by molar-refractivity contribution is 5.76. The Bertz CT molecular complexity index is 953. The molecule has 1 aliphatic rings. The summed E-state index contributed by atoms with van der Waals surface area (Å²) in [6.45, 7) is 6.08. The summed E-state index contributed by atoms with van der Waals surface area (Å²) in [5, 5.41) is 5.64. The van der Waals surface area contributed by atoms with E-state index in [1.807, 2.05) is 16.9 Å². The van der Waals surface area contributed by atoms with E-state index in [1.54, 1.807) is 24.2 Å². The van der Waals surface area contributed by atoms with E-state index in [1.165, 1.54) is 0 Å². The van der Waals surface area contributed by atoms with Gasteiger partial charge in [0.15, 0.2) is 0 Å². The summed E-state index contributed by atoms with van der Waals surface area (Å²) >= 11 is 0. The lowest BCUT2D eigenvalue weighted by molar-refractivity contribution is -0.139. The van der Waals surface area contributed by atoms with E-state index in [0.29, 0.717) is 51.4 Å². The van der Waals surface area contributed by atoms with Crippen molar-refractivity contribution in [1.82, 2.24) is 25.1 Å². The lowest BCUT2D eigenvalue weighted by Gasteiger charge is -2.34. The van der Waals surface area contributed by atoms with E-state index < -0.39 is 17.3 Å². The number of carbonyl (C=O) groups is 1. The predicted molar refractivity (Wildman–Crippen MR) is 108 cm³/mol. The summed E-state index contributed by atoms with van der Waals surface area (Å²) in [4.78, 5) is 36.3. The number of nitrogens with one attached hydrogen (secondary N) is 1. The van der Waals surface area contributed by atoms with Gasteiger partial charge in [-0.1, -0.05) is 6.92 Å². The molecular formula is C20H25F3N6O2. The van der Waals surface area contributed by atoms with Gasteiger partial charge in [-0.2, -0.15) is 18.3 Å². The molecule has 1 aliphatic heterocycles. The number of aryl methyl sites for hydroxylation is 1. The summed E-state index contributed by atoms with van der Waals surface area (Å²) in [6, 6.07) is 0.789. The van der Waals surface area contributed by atoms with Gasteiger partial charge in [0.25, 0.3) is 5.56 Å². The van der Waals surface area contributed by atoms with Crippen LogP contribution in [0.5, 0.6) is 0 Å².